The van der Waals surface area contributed by atoms with Crippen molar-refractivity contribution in [3.05, 3.63) is 21.9 Å². The summed E-state index contributed by atoms with van der Waals surface area (Å²) >= 11 is 1.46. The van der Waals surface area contributed by atoms with Gasteiger partial charge < -0.3 is 10.2 Å². The lowest BCUT2D eigenvalue weighted by molar-refractivity contribution is -0.136. The third kappa shape index (κ3) is 2.64. The molecule has 0 aliphatic rings. The van der Waals surface area contributed by atoms with Gasteiger partial charge in [-0.2, -0.15) is 0 Å². The second kappa shape index (κ2) is 4.23. The van der Waals surface area contributed by atoms with Gasteiger partial charge in [0.1, 0.15) is 0 Å². The van der Waals surface area contributed by atoms with E-state index in [1.165, 1.54) is 11.3 Å². The van der Waals surface area contributed by atoms with E-state index in [1.54, 1.807) is 0 Å². The highest BCUT2D eigenvalue weighted by molar-refractivity contribution is 7.11. The minimum absolute atomic E-state index is 0.0394. The van der Waals surface area contributed by atoms with Gasteiger partial charge in [-0.1, -0.05) is 0 Å². The van der Waals surface area contributed by atoms with Crippen molar-refractivity contribution in [2.45, 2.75) is 19.4 Å². The molecular weight excluding hydrogens is 176 g/mol. The molecule has 3 nitrogen and oxygen atoms in total. The molecule has 66 valence electrons. The molecule has 1 aromatic rings. The first-order chi connectivity index (χ1) is 5.72. The first kappa shape index (κ1) is 9.22. The van der Waals surface area contributed by atoms with Crippen LogP contribution >= 0.6 is 11.3 Å². The zero-order valence-electron chi connectivity index (χ0n) is 6.49. The van der Waals surface area contributed by atoms with Gasteiger partial charge in [-0.05, 0) is 18.6 Å². The van der Waals surface area contributed by atoms with Crippen LogP contribution in [0.3, 0.4) is 0 Å². The van der Waals surface area contributed by atoms with E-state index in [4.69, 9.17) is 10.2 Å². The summed E-state index contributed by atoms with van der Waals surface area (Å²) in [5.74, 6) is -0.783. The van der Waals surface area contributed by atoms with Gasteiger partial charge in [0.25, 0.3) is 0 Å². The van der Waals surface area contributed by atoms with E-state index in [-0.39, 0.29) is 13.0 Å². The maximum absolute atomic E-state index is 10.2. The highest BCUT2D eigenvalue weighted by Gasteiger charge is 2.01. The first-order valence-corrected chi connectivity index (χ1v) is 4.44. The molecule has 0 saturated heterocycles. The molecule has 1 aromatic heterocycles. The van der Waals surface area contributed by atoms with Crippen LogP contribution in [0.5, 0.6) is 0 Å². The Balaban J connectivity index is 2.47. The highest BCUT2D eigenvalue weighted by Crippen LogP contribution is 2.17. The molecule has 0 aliphatic heterocycles. The predicted molar refractivity (Wildman–Crippen MR) is 46.2 cm³/mol. The largest absolute Gasteiger partial charge is 0.481 e. The fourth-order valence-electron chi connectivity index (χ4n) is 0.872. The molecule has 0 spiro atoms. The normalized spacial score (nSPS) is 10.1. The van der Waals surface area contributed by atoms with Crippen LogP contribution in [0.2, 0.25) is 0 Å². The van der Waals surface area contributed by atoms with Crippen molar-refractivity contribution in [3.8, 4) is 0 Å². The van der Waals surface area contributed by atoms with Crippen LogP contribution in [0.4, 0.5) is 0 Å². The van der Waals surface area contributed by atoms with E-state index in [1.807, 2.05) is 12.1 Å². The number of carbonyl (C=O) groups is 1. The molecule has 0 bridgehead atoms. The van der Waals surface area contributed by atoms with E-state index in [0.29, 0.717) is 6.42 Å². The molecule has 2 N–H and O–H groups in total. The van der Waals surface area contributed by atoms with Gasteiger partial charge in [-0.15, -0.1) is 11.3 Å². The van der Waals surface area contributed by atoms with Crippen molar-refractivity contribution in [2.24, 2.45) is 0 Å². The molecular formula is C8H10O3S. The summed E-state index contributed by atoms with van der Waals surface area (Å²) in [6.07, 6.45) is 0.714. The van der Waals surface area contributed by atoms with Gasteiger partial charge in [-0.3, -0.25) is 4.79 Å². The number of aliphatic hydroxyl groups excluding tert-OH is 1. The number of thiophene rings is 1. The Morgan fingerprint density at radius 2 is 2.08 bits per heavy atom. The van der Waals surface area contributed by atoms with Crippen molar-refractivity contribution in [3.63, 3.8) is 0 Å². The van der Waals surface area contributed by atoms with Gasteiger partial charge in [0.15, 0.2) is 0 Å². The van der Waals surface area contributed by atoms with Crippen molar-refractivity contribution in [1.82, 2.24) is 0 Å². The number of rotatable bonds is 4. The van der Waals surface area contributed by atoms with Gasteiger partial charge in [-0.25, -0.2) is 0 Å². The average molecular weight is 186 g/mol. The van der Waals surface area contributed by atoms with Crippen LogP contribution < -0.4 is 0 Å². The summed E-state index contributed by atoms with van der Waals surface area (Å²) < 4.78 is 0. The second-order valence-corrected chi connectivity index (χ2v) is 3.67. The van der Waals surface area contributed by atoms with Crippen LogP contribution in [0.15, 0.2) is 12.1 Å². The first-order valence-electron chi connectivity index (χ1n) is 3.62. The fourth-order valence-corrected chi connectivity index (χ4v) is 1.75. The summed E-state index contributed by atoms with van der Waals surface area (Å²) in [6.45, 7) is 0.0394. The lowest BCUT2D eigenvalue weighted by Crippen LogP contribution is -1.95. The number of carboxylic acid groups (broad SMARTS) is 1. The number of aliphatic carboxylic acids is 1. The molecule has 0 aromatic carbocycles. The summed E-state index contributed by atoms with van der Waals surface area (Å²) in [5.41, 5.74) is 0. The maximum atomic E-state index is 10.2. The molecule has 1 rings (SSSR count). The molecule has 0 radical (unpaired) electrons. The van der Waals surface area contributed by atoms with Crippen LogP contribution in [-0.2, 0) is 17.8 Å². The van der Waals surface area contributed by atoms with Gasteiger partial charge in [0.2, 0.25) is 0 Å². The Bertz CT molecular complexity index is 267. The molecule has 0 atom stereocenters. The molecule has 0 unspecified atom stereocenters. The third-order valence-corrected chi connectivity index (χ3v) is 2.59. The minimum atomic E-state index is -0.783. The lowest BCUT2D eigenvalue weighted by Gasteiger charge is -1.90. The van der Waals surface area contributed by atoms with Gasteiger partial charge in [0, 0.05) is 9.75 Å². The van der Waals surface area contributed by atoms with Gasteiger partial charge in [0.05, 0.1) is 13.0 Å². The van der Waals surface area contributed by atoms with Crippen molar-refractivity contribution < 1.29 is 15.0 Å². The van der Waals surface area contributed by atoms with Crippen LogP contribution in [0, 0.1) is 0 Å². The van der Waals surface area contributed by atoms with E-state index < -0.39 is 5.97 Å². The van der Waals surface area contributed by atoms with Crippen molar-refractivity contribution in [2.75, 3.05) is 0 Å². The number of aryl methyl sites for hydroxylation is 1. The van der Waals surface area contributed by atoms with Crippen LogP contribution in [0.1, 0.15) is 16.2 Å². The van der Waals surface area contributed by atoms with E-state index in [0.717, 1.165) is 9.75 Å². The summed E-state index contributed by atoms with van der Waals surface area (Å²) in [4.78, 5) is 12.1. The zero-order chi connectivity index (χ0) is 8.97. The topological polar surface area (TPSA) is 57.5 Å². The van der Waals surface area contributed by atoms with Crippen LogP contribution in [0.25, 0.3) is 0 Å². The Labute approximate surface area is 74.3 Å². The monoisotopic (exact) mass is 186 g/mol. The second-order valence-electron chi connectivity index (χ2n) is 2.42. The summed E-state index contributed by atoms with van der Waals surface area (Å²) in [7, 11) is 0. The molecule has 1 heterocycles. The lowest BCUT2D eigenvalue weighted by atomic mass is 10.3. The number of aliphatic hydroxyl groups is 1. The smallest absolute Gasteiger partial charge is 0.303 e. The zero-order valence-corrected chi connectivity index (χ0v) is 7.30. The van der Waals surface area contributed by atoms with Crippen LogP contribution in [-0.4, -0.2) is 16.2 Å². The standard InChI is InChI=1S/C8H10O3S/c9-5-7-2-1-6(12-7)3-4-8(10)11/h1-2,9H,3-5H2,(H,10,11). The highest BCUT2D eigenvalue weighted by atomic mass is 32.1. The number of carboxylic acids is 1. The Hall–Kier alpha value is -0.870. The Morgan fingerprint density at radius 1 is 1.42 bits per heavy atom. The van der Waals surface area contributed by atoms with Gasteiger partial charge >= 0.3 is 5.97 Å². The van der Waals surface area contributed by atoms with Crippen molar-refractivity contribution >= 4 is 17.3 Å². The number of hydrogen-bond acceptors (Lipinski definition) is 3. The molecule has 4 heteroatoms. The fraction of sp³-hybridized carbons (Fsp3) is 0.375. The minimum Gasteiger partial charge on any atom is -0.481 e. The molecule has 12 heavy (non-hydrogen) atoms. The summed E-state index contributed by atoms with van der Waals surface area (Å²) in [5, 5.41) is 17.1. The molecule has 0 fully saturated rings. The number of hydrogen-bond donors (Lipinski definition) is 2. The Morgan fingerprint density at radius 3 is 2.58 bits per heavy atom. The van der Waals surface area contributed by atoms with Crippen molar-refractivity contribution in [1.29, 1.82) is 0 Å². The average Bonchev–Trinajstić information content (AvgIpc) is 2.48. The SMILES string of the molecule is O=C(O)CCc1ccc(CO)s1. The maximum Gasteiger partial charge on any atom is 0.303 e. The summed E-state index contributed by atoms with van der Waals surface area (Å²) in [6, 6.07) is 3.68. The Kier molecular flexibility index (Phi) is 3.25. The van der Waals surface area contributed by atoms with E-state index >= 15 is 0 Å². The van der Waals surface area contributed by atoms with E-state index in [9.17, 15) is 4.79 Å². The molecule has 0 saturated carbocycles. The third-order valence-electron chi connectivity index (χ3n) is 1.46. The van der Waals surface area contributed by atoms with E-state index in [2.05, 4.69) is 0 Å². The predicted octanol–water partition coefficient (Wildman–Crippen LogP) is 1.26. The molecule has 0 aliphatic carbocycles. The quantitative estimate of drug-likeness (QED) is 0.744. The molecule has 0 amide bonds.